The summed E-state index contributed by atoms with van der Waals surface area (Å²) in [7, 11) is 0. The van der Waals surface area contributed by atoms with E-state index >= 15 is 0 Å². The number of hydrogen-bond donors (Lipinski definition) is 1. The number of amides is 2. The minimum atomic E-state index is -0.188. The smallest absolute Gasteiger partial charge is 0.239 e. The summed E-state index contributed by atoms with van der Waals surface area (Å²) in [6.07, 6.45) is 0. The van der Waals surface area contributed by atoms with Crippen molar-refractivity contribution in [3.05, 3.63) is 28.7 Å². The van der Waals surface area contributed by atoms with E-state index in [1.54, 1.807) is 4.90 Å². The fourth-order valence-electron chi connectivity index (χ4n) is 1.85. The van der Waals surface area contributed by atoms with Crippen LogP contribution in [0.15, 0.2) is 33.6 Å². The van der Waals surface area contributed by atoms with Crippen LogP contribution in [0.3, 0.4) is 0 Å². The molecule has 4 nitrogen and oxygen atoms in total. The number of hydrogen-bond acceptors (Lipinski definition) is 3. The first-order valence-corrected chi connectivity index (χ1v) is 7.71. The molecule has 2 rings (SSSR count). The molecule has 1 unspecified atom stereocenters. The lowest BCUT2D eigenvalue weighted by atomic mass is 10.3. The minimum Gasteiger partial charge on any atom is -0.353 e. The molecule has 1 N–H and O–H groups in total. The highest BCUT2D eigenvalue weighted by molar-refractivity contribution is 9.10. The van der Waals surface area contributed by atoms with Crippen molar-refractivity contribution in [1.29, 1.82) is 0 Å². The number of benzene rings is 1. The van der Waals surface area contributed by atoms with Crippen molar-refractivity contribution in [1.82, 2.24) is 10.2 Å². The van der Waals surface area contributed by atoms with E-state index in [4.69, 9.17) is 0 Å². The topological polar surface area (TPSA) is 49.4 Å². The molecule has 1 saturated heterocycles. The van der Waals surface area contributed by atoms with Crippen LogP contribution >= 0.6 is 27.7 Å². The molecule has 102 valence electrons. The van der Waals surface area contributed by atoms with Gasteiger partial charge < -0.3 is 10.2 Å². The lowest BCUT2D eigenvalue weighted by Gasteiger charge is -2.28. The van der Waals surface area contributed by atoms with Gasteiger partial charge in [-0.2, -0.15) is 0 Å². The molecule has 0 bridgehead atoms. The second kappa shape index (κ2) is 6.43. The van der Waals surface area contributed by atoms with E-state index in [9.17, 15) is 9.59 Å². The van der Waals surface area contributed by atoms with Crippen molar-refractivity contribution in [3.8, 4) is 0 Å². The van der Waals surface area contributed by atoms with Gasteiger partial charge in [-0.25, -0.2) is 0 Å². The molecule has 1 aromatic rings. The summed E-state index contributed by atoms with van der Waals surface area (Å²) < 4.78 is 1.02. The van der Waals surface area contributed by atoms with Gasteiger partial charge in [0.05, 0.1) is 11.8 Å². The van der Waals surface area contributed by atoms with E-state index in [1.807, 2.05) is 31.2 Å². The van der Waals surface area contributed by atoms with Crippen molar-refractivity contribution in [2.75, 3.05) is 19.6 Å². The molecule has 0 aliphatic carbocycles. The number of thioether (sulfide) groups is 1. The van der Waals surface area contributed by atoms with Gasteiger partial charge in [0, 0.05) is 22.5 Å². The van der Waals surface area contributed by atoms with Gasteiger partial charge >= 0.3 is 0 Å². The van der Waals surface area contributed by atoms with Crippen LogP contribution in [-0.2, 0) is 9.59 Å². The summed E-state index contributed by atoms with van der Waals surface area (Å²) >= 11 is 4.89. The summed E-state index contributed by atoms with van der Waals surface area (Å²) in [4.78, 5) is 26.2. The highest BCUT2D eigenvalue weighted by Gasteiger charge is 2.25. The molecule has 0 spiro atoms. The SMILES string of the molecule is CC(Sc1ccc(Br)cc1)C(=O)N1CCNC(=O)C1. The zero-order valence-corrected chi connectivity index (χ0v) is 13.0. The monoisotopic (exact) mass is 342 g/mol. The highest BCUT2D eigenvalue weighted by Crippen LogP contribution is 2.26. The van der Waals surface area contributed by atoms with Crippen LogP contribution in [-0.4, -0.2) is 41.6 Å². The van der Waals surface area contributed by atoms with Crippen molar-refractivity contribution >= 4 is 39.5 Å². The van der Waals surface area contributed by atoms with Crippen molar-refractivity contribution < 1.29 is 9.59 Å². The first-order chi connectivity index (χ1) is 9.06. The first kappa shape index (κ1) is 14.4. The largest absolute Gasteiger partial charge is 0.353 e. The molecule has 1 fully saturated rings. The number of halogens is 1. The highest BCUT2D eigenvalue weighted by atomic mass is 79.9. The lowest BCUT2D eigenvalue weighted by Crippen LogP contribution is -2.51. The number of rotatable bonds is 3. The maximum absolute atomic E-state index is 12.2. The molecule has 1 aliphatic rings. The summed E-state index contributed by atoms with van der Waals surface area (Å²) in [5.41, 5.74) is 0. The maximum Gasteiger partial charge on any atom is 0.239 e. The maximum atomic E-state index is 12.2. The predicted octanol–water partition coefficient (Wildman–Crippen LogP) is 1.89. The first-order valence-electron chi connectivity index (χ1n) is 6.04. The van der Waals surface area contributed by atoms with Crippen LogP contribution in [0.2, 0.25) is 0 Å². The molecule has 2 amide bonds. The van der Waals surface area contributed by atoms with Crippen LogP contribution in [0.5, 0.6) is 0 Å². The Labute approximate surface area is 125 Å². The van der Waals surface area contributed by atoms with Gasteiger partial charge in [0.15, 0.2) is 0 Å². The molecule has 0 saturated carbocycles. The van der Waals surface area contributed by atoms with Crippen LogP contribution < -0.4 is 5.32 Å². The van der Waals surface area contributed by atoms with Gasteiger partial charge in [-0.05, 0) is 31.2 Å². The molecule has 1 heterocycles. The van der Waals surface area contributed by atoms with Crippen molar-refractivity contribution in [2.24, 2.45) is 0 Å². The predicted molar refractivity (Wildman–Crippen MR) is 79.1 cm³/mol. The van der Waals surface area contributed by atoms with Gasteiger partial charge in [0.25, 0.3) is 0 Å². The van der Waals surface area contributed by atoms with E-state index in [1.165, 1.54) is 11.8 Å². The van der Waals surface area contributed by atoms with E-state index in [0.717, 1.165) is 9.37 Å². The number of carbonyl (C=O) groups is 2. The third-order valence-corrected chi connectivity index (χ3v) is 4.45. The van der Waals surface area contributed by atoms with Crippen LogP contribution in [0, 0.1) is 0 Å². The van der Waals surface area contributed by atoms with Gasteiger partial charge in [-0.15, -0.1) is 11.8 Å². The Bertz CT molecular complexity index is 478. The molecule has 1 atom stereocenters. The van der Waals surface area contributed by atoms with Gasteiger partial charge in [-0.3, -0.25) is 9.59 Å². The standard InChI is InChI=1S/C13H15BrN2O2S/c1-9(19-11-4-2-10(14)3-5-11)13(18)16-7-6-15-12(17)8-16/h2-5,9H,6-8H2,1H3,(H,15,17). The number of piperazine rings is 1. The second-order valence-corrected chi connectivity index (χ2v) is 6.65. The normalized spacial score (nSPS) is 16.9. The molecule has 6 heteroatoms. The number of nitrogens with zero attached hydrogens (tertiary/aromatic N) is 1. The average Bonchev–Trinajstić information content (AvgIpc) is 2.40. The molecule has 0 aromatic heterocycles. The quantitative estimate of drug-likeness (QED) is 0.853. The van der Waals surface area contributed by atoms with Crippen molar-refractivity contribution in [3.63, 3.8) is 0 Å². The third-order valence-electron chi connectivity index (χ3n) is 2.82. The zero-order chi connectivity index (χ0) is 13.8. The average molecular weight is 343 g/mol. The molecule has 0 radical (unpaired) electrons. The Hall–Kier alpha value is -1.01. The third kappa shape index (κ3) is 3.98. The Balaban J connectivity index is 1.95. The molecular formula is C13H15BrN2O2S. The summed E-state index contributed by atoms with van der Waals surface area (Å²) in [6, 6.07) is 7.85. The Morgan fingerprint density at radius 1 is 1.42 bits per heavy atom. The van der Waals surface area contributed by atoms with Crippen LogP contribution in [0.4, 0.5) is 0 Å². The summed E-state index contributed by atoms with van der Waals surface area (Å²) in [5, 5.41) is 2.53. The van der Waals surface area contributed by atoms with E-state index in [-0.39, 0.29) is 23.6 Å². The van der Waals surface area contributed by atoms with Gasteiger partial charge in [-0.1, -0.05) is 15.9 Å². The van der Waals surface area contributed by atoms with Gasteiger partial charge in [0.2, 0.25) is 11.8 Å². The van der Waals surface area contributed by atoms with Crippen LogP contribution in [0.25, 0.3) is 0 Å². The Morgan fingerprint density at radius 2 is 2.11 bits per heavy atom. The molecule has 1 aliphatic heterocycles. The Morgan fingerprint density at radius 3 is 2.74 bits per heavy atom. The zero-order valence-electron chi connectivity index (χ0n) is 10.6. The van der Waals surface area contributed by atoms with Gasteiger partial charge in [0.1, 0.15) is 0 Å². The van der Waals surface area contributed by atoms with E-state index in [0.29, 0.717) is 13.1 Å². The second-order valence-electron chi connectivity index (χ2n) is 4.32. The molecular weight excluding hydrogens is 328 g/mol. The fourth-order valence-corrected chi connectivity index (χ4v) is 3.07. The minimum absolute atomic E-state index is 0.0165. The lowest BCUT2D eigenvalue weighted by molar-refractivity contribution is -0.137. The molecule has 1 aromatic carbocycles. The Kier molecular flexibility index (Phi) is 4.87. The number of carbonyl (C=O) groups excluding carboxylic acids is 2. The summed E-state index contributed by atoms with van der Waals surface area (Å²) in [5.74, 6) is -0.0665. The van der Waals surface area contributed by atoms with Crippen molar-refractivity contribution in [2.45, 2.75) is 17.1 Å². The van der Waals surface area contributed by atoms with Crippen LogP contribution in [0.1, 0.15) is 6.92 Å². The molecule has 19 heavy (non-hydrogen) atoms. The summed E-state index contributed by atoms with van der Waals surface area (Å²) in [6.45, 7) is 3.18. The van der Waals surface area contributed by atoms with E-state index < -0.39 is 0 Å². The van der Waals surface area contributed by atoms with E-state index in [2.05, 4.69) is 21.2 Å². The number of nitrogens with one attached hydrogen (secondary N) is 1. The fraction of sp³-hybridized carbons (Fsp3) is 0.385.